The molecule has 0 amide bonds. The SMILES string of the molecule is CCOC(=O)C(C)Oc1ccc(CN)c(F)c1. The van der Waals surface area contributed by atoms with Crippen LogP contribution in [0.4, 0.5) is 4.39 Å². The molecule has 1 aromatic rings. The molecule has 17 heavy (non-hydrogen) atoms. The first-order valence-corrected chi connectivity index (χ1v) is 5.40. The minimum Gasteiger partial charge on any atom is -0.479 e. The van der Waals surface area contributed by atoms with Crippen molar-refractivity contribution in [2.75, 3.05) is 6.61 Å². The van der Waals surface area contributed by atoms with Gasteiger partial charge in [0.05, 0.1) is 6.61 Å². The highest BCUT2D eigenvalue weighted by Gasteiger charge is 2.16. The highest BCUT2D eigenvalue weighted by Crippen LogP contribution is 2.17. The number of ether oxygens (including phenoxy) is 2. The normalized spacial score (nSPS) is 12.0. The first kappa shape index (κ1) is 13.4. The second-order valence-electron chi connectivity index (χ2n) is 3.47. The number of hydrogen-bond acceptors (Lipinski definition) is 4. The lowest BCUT2D eigenvalue weighted by molar-refractivity contribution is -0.150. The van der Waals surface area contributed by atoms with Crippen molar-refractivity contribution in [3.8, 4) is 5.75 Å². The van der Waals surface area contributed by atoms with Crippen LogP contribution in [-0.2, 0) is 16.1 Å². The summed E-state index contributed by atoms with van der Waals surface area (Å²) in [6.07, 6.45) is -0.766. The molecule has 0 aromatic heterocycles. The van der Waals surface area contributed by atoms with E-state index in [0.717, 1.165) is 0 Å². The average Bonchev–Trinajstić information content (AvgIpc) is 2.29. The Bertz CT molecular complexity index is 395. The van der Waals surface area contributed by atoms with Gasteiger partial charge in [-0.1, -0.05) is 6.07 Å². The summed E-state index contributed by atoms with van der Waals surface area (Å²) in [5, 5.41) is 0. The van der Waals surface area contributed by atoms with Crippen molar-refractivity contribution in [1.82, 2.24) is 0 Å². The van der Waals surface area contributed by atoms with E-state index in [1.165, 1.54) is 12.1 Å². The van der Waals surface area contributed by atoms with Gasteiger partial charge in [0, 0.05) is 18.2 Å². The monoisotopic (exact) mass is 241 g/mol. The third kappa shape index (κ3) is 3.71. The Kier molecular flexibility index (Phi) is 4.90. The molecule has 1 rings (SSSR count). The van der Waals surface area contributed by atoms with Crippen LogP contribution < -0.4 is 10.5 Å². The van der Waals surface area contributed by atoms with Gasteiger partial charge in [-0.15, -0.1) is 0 Å². The Balaban J connectivity index is 2.68. The molecule has 0 spiro atoms. The summed E-state index contributed by atoms with van der Waals surface area (Å²) in [5.41, 5.74) is 5.74. The van der Waals surface area contributed by atoms with Crippen LogP contribution in [0.2, 0.25) is 0 Å². The zero-order chi connectivity index (χ0) is 12.8. The topological polar surface area (TPSA) is 61.5 Å². The van der Waals surface area contributed by atoms with Gasteiger partial charge < -0.3 is 15.2 Å². The van der Waals surface area contributed by atoms with Gasteiger partial charge in [-0.2, -0.15) is 0 Å². The van der Waals surface area contributed by atoms with E-state index in [1.54, 1.807) is 19.9 Å². The summed E-state index contributed by atoms with van der Waals surface area (Å²) in [7, 11) is 0. The second-order valence-corrected chi connectivity index (χ2v) is 3.47. The lowest BCUT2D eigenvalue weighted by atomic mass is 10.2. The maximum absolute atomic E-state index is 13.4. The van der Waals surface area contributed by atoms with Crippen molar-refractivity contribution in [1.29, 1.82) is 0 Å². The van der Waals surface area contributed by atoms with Crippen molar-refractivity contribution in [3.63, 3.8) is 0 Å². The van der Waals surface area contributed by atoms with E-state index >= 15 is 0 Å². The van der Waals surface area contributed by atoms with Crippen LogP contribution >= 0.6 is 0 Å². The fraction of sp³-hybridized carbons (Fsp3) is 0.417. The molecule has 0 aliphatic rings. The van der Waals surface area contributed by atoms with Crippen LogP contribution in [0.25, 0.3) is 0 Å². The summed E-state index contributed by atoms with van der Waals surface area (Å²) in [6.45, 7) is 3.67. The standard InChI is InChI=1S/C12H16FNO3/c1-3-16-12(15)8(2)17-10-5-4-9(7-14)11(13)6-10/h4-6,8H,3,7,14H2,1-2H3. The van der Waals surface area contributed by atoms with Crippen molar-refractivity contribution in [3.05, 3.63) is 29.6 Å². The van der Waals surface area contributed by atoms with E-state index in [0.29, 0.717) is 5.56 Å². The van der Waals surface area contributed by atoms with Gasteiger partial charge >= 0.3 is 5.97 Å². The summed E-state index contributed by atoms with van der Waals surface area (Å²) in [5.74, 6) is -0.642. The Morgan fingerprint density at radius 2 is 2.24 bits per heavy atom. The molecule has 0 saturated heterocycles. The van der Waals surface area contributed by atoms with Crippen LogP contribution in [0.1, 0.15) is 19.4 Å². The molecule has 0 bridgehead atoms. The molecule has 0 fully saturated rings. The lowest BCUT2D eigenvalue weighted by Gasteiger charge is -2.13. The Morgan fingerprint density at radius 1 is 1.53 bits per heavy atom. The summed E-state index contributed by atoms with van der Waals surface area (Å²) >= 11 is 0. The zero-order valence-electron chi connectivity index (χ0n) is 9.90. The van der Waals surface area contributed by atoms with Gasteiger partial charge in [0.1, 0.15) is 11.6 Å². The minimum absolute atomic E-state index is 0.125. The van der Waals surface area contributed by atoms with Crippen LogP contribution in [0.15, 0.2) is 18.2 Å². The molecule has 1 unspecified atom stereocenters. The van der Waals surface area contributed by atoms with Gasteiger partial charge in [0.15, 0.2) is 6.10 Å². The minimum atomic E-state index is -0.766. The van der Waals surface area contributed by atoms with Gasteiger partial charge in [0.2, 0.25) is 0 Å². The smallest absolute Gasteiger partial charge is 0.347 e. The number of rotatable bonds is 5. The second kappa shape index (κ2) is 6.20. The first-order chi connectivity index (χ1) is 8.08. The predicted molar refractivity (Wildman–Crippen MR) is 61.0 cm³/mol. The quantitative estimate of drug-likeness (QED) is 0.796. The molecular weight excluding hydrogens is 225 g/mol. The van der Waals surface area contributed by atoms with Gasteiger partial charge in [0.25, 0.3) is 0 Å². The molecule has 94 valence electrons. The Hall–Kier alpha value is -1.62. The molecule has 0 radical (unpaired) electrons. The molecular formula is C12H16FNO3. The van der Waals surface area contributed by atoms with Crippen molar-refractivity contribution in [2.45, 2.75) is 26.5 Å². The van der Waals surface area contributed by atoms with Crippen molar-refractivity contribution >= 4 is 5.97 Å². The molecule has 0 aliphatic carbocycles. The van der Waals surface area contributed by atoms with E-state index in [2.05, 4.69) is 0 Å². The van der Waals surface area contributed by atoms with E-state index in [9.17, 15) is 9.18 Å². The highest BCUT2D eigenvalue weighted by molar-refractivity contribution is 5.74. The fourth-order valence-electron chi connectivity index (χ4n) is 1.28. The summed E-state index contributed by atoms with van der Waals surface area (Å²) < 4.78 is 23.4. The first-order valence-electron chi connectivity index (χ1n) is 5.40. The molecule has 0 saturated carbocycles. The van der Waals surface area contributed by atoms with Crippen LogP contribution in [0.5, 0.6) is 5.75 Å². The molecule has 1 aromatic carbocycles. The fourth-order valence-corrected chi connectivity index (χ4v) is 1.28. The predicted octanol–water partition coefficient (Wildman–Crippen LogP) is 1.61. The third-order valence-corrected chi connectivity index (χ3v) is 2.18. The highest BCUT2D eigenvalue weighted by atomic mass is 19.1. The third-order valence-electron chi connectivity index (χ3n) is 2.18. The number of nitrogens with two attached hydrogens (primary N) is 1. The maximum Gasteiger partial charge on any atom is 0.347 e. The number of hydrogen-bond donors (Lipinski definition) is 1. The van der Waals surface area contributed by atoms with Gasteiger partial charge in [-0.05, 0) is 19.9 Å². The number of halogens is 1. The van der Waals surface area contributed by atoms with E-state index < -0.39 is 17.9 Å². The van der Waals surface area contributed by atoms with Gasteiger partial charge in [-0.3, -0.25) is 0 Å². The van der Waals surface area contributed by atoms with E-state index in [1.807, 2.05) is 0 Å². The van der Waals surface area contributed by atoms with E-state index in [4.69, 9.17) is 15.2 Å². The van der Waals surface area contributed by atoms with Crippen LogP contribution in [-0.4, -0.2) is 18.7 Å². The molecule has 1 atom stereocenters. The van der Waals surface area contributed by atoms with Crippen LogP contribution in [0.3, 0.4) is 0 Å². The van der Waals surface area contributed by atoms with Gasteiger partial charge in [-0.25, -0.2) is 9.18 Å². The summed E-state index contributed by atoms with van der Waals surface area (Å²) in [4.78, 5) is 11.3. The van der Waals surface area contributed by atoms with Crippen molar-refractivity contribution in [2.24, 2.45) is 5.73 Å². The number of benzene rings is 1. The Labute approximate surface area is 99.5 Å². The molecule has 5 heteroatoms. The molecule has 0 aliphatic heterocycles. The maximum atomic E-state index is 13.4. The zero-order valence-corrected chi connectivity index (χ0v) is 9.90. The molecule has 0 heterocycles. The number of carbonyl (C=O) groups excluding carboxylic acids is 1. The largest absolute Gasteiger partial charge is 0.479 e. The van der Waals surface area contributed by atoms with Crippen LogP contribution in [0, 0.1) is 5.82 Å². The lowest BCUT2D eigenvalue weighted by Crippen LogP contribution is -2.26. The van der Waals surface area contributed by atoms with Crippen molar-refractivity contribution < 1.29 is 18.7 Å². The van der Waals surface area contributed by atoms with E-state index in [-0.39, 0.29) is 18.9 Å². The number of esters is 1. The Morgan fingerprint density at radius 3 is 2.76 bits per heavy atom. The molecule has 4 nitrogen and oxygen atoms in total. The number of carbonyl (C=O) groups is 1. The average molecular weight is 241 g/mol. The summed E-state index contributed by atoms with van der Waals surface area (Å²) in [6, 6.07) is 4.31. The molecule has 2 N–H and O–H groups in total.